The van der Waals surface area contributed by atoms with E-state index in [1.807, 2.05) is 13.8 Å². The van der Waals surface area contributed by atoms with E-state index < -0.39 is 24.1 Å². The molecule has 0 aromatic heterocycles. The van der Waals surface area contributed by atoms with Crippen molar-refractivity contribution in [3.8, 4) is 5.75 Å². The molecule has 0 saturated carbocycles. The SMILES string of the molecule is CC1=C(C)N2C(=NC3C2C(=O)NC(=O)N3C)N1c1cc(Cl)ccc1O. The number of phenolic OH excluding ortho intramolecular Hbond substituents is 1. The number of fused-ring (bicyclic) bond motifs is 3. The number of phenols is 1. The number of benzene rings is 1. The average Bonchev–Trinajstić information content (AvgIpc) is 3.05. The average molecular weight is 362 g/mol. The predicted molar refractivity (Wildman–Crippen MR) is 92.1 cm³/mol. The van der Waals surface area contributed by atoms with Gasteiger partial charge < -0.3 is 10.0 Å². The highest BCUT2D eigenvalue weighted by molar-refractivity contribution is 6.31. The molecule has 4 rings (SSSR count). The maximum Gasteiger partial charge on any atom is 0.325 e. The van der Waals surface area contributed by atoms with Gasteiger partial charge in [-0.1, -0.05) is 11.6 Å². The summed E-state index contributed by atoms with van der Waals surface area (Å²) in [4.78, 5) is 33.8. The molecule has 3 aliphatic rings. The number of rotatable bonds is 1. The van der Waals surface area contributed by atoms with E-state index in [9.17, 15) is 14.7 Å². The maximum absolute atomic E-state index is 12.4. The first-order chi connectivity index (χ1) is 11.8. The summed E-state index contributed by atoms with van der Waals surface area (Å²) in [7, 11) is 1.60. The molecule has 2 unspecified atom stereocenters. The van der Waals surface area contributed by atoms with E-state index in [1.165, 1.54) is 11.0 Å². The fraction of sp³-hybridized carbons (Fsp3) is 0.312. The van der Waals surface area contributed by atoms with Crippen LogP contribution in [0.1, 0.15) is 13.8 Å². The molecule has 1 aromatic rings. The van der Waals surface area contributed by atoms with Crippen LogP contribution in [0.3, 0.4) is 0 Å². The largest absolute Gasteiger partial charge is 0.506 e. The highest BCUT2D eigenvalue weighted by atomic mass is 35.5. The molecule has 0 aliphatic carbocycles. The molecule has 0 radical (unpaired) electrons. The Hall–Kier alpha value is -2.74. The number of amides is 3. The van der Waals surface area contributed by atoms with Crippen LogP contribution in [0.15, 0.2) is 34.6 Å². The number of carbonyl (C=O) groups excluding carboxylic acids is 2. The van der Waals surface area contributed by atoms with E-state index in [-0.39, 0.29) is 5.75 Å². The summed E-state index contributed by atoms with van der Waals surface area (Å²) in [5.41, 5.74) is 2.12. The smallest absolute Gasteiger partial charge is 0.325 e. The lowest BCUT2D eigenvalue weighted by atomic mass is 10.1. The van der Waals surface area contributed by atoms with Crippen LogP contribution in [0.25, 0.3) is 0 Å². The lowest BCUT2D eigenvalue weighted by Gasteiger charge is -2.35. The molecule has 9 heteroatoms. The normalized spacial score (nSPS) is 25.3. The Balaban J connectivity index is 1.85. The van der Waals surface area contributed by atoms with Crippen molar-refractivity contribution in [1.82, 2.24) is 15.1 Å². The minimum atomic E-state index is -0.640. The topological polar surface area (TPSA) is 88.5 Å². The molecule has 2 atom stereocenters. The zero-order valence-corrected chi connectivity index (χ0v) is 14.6. The van der Waals surface area contributed by atoms with Crippen LogP contribution in [0.5, 0.6) is 5.75 Å². The molecule has 3 aliphatic heterocycles. The van der Waals surface area contributed by atoms with Crippen molar-refractivity contribution >= 4 is 35.2 Å². The number of nitrogens with zero attached hydrogens (tertiary/aromatic N) is 4. The van der Waals surface area contributed by atoms with Crippen LogP contribution in [0.4, 0.5) is 10.5 Å². The molecule has 8 nitrogen and oxygen atoms in total. The summed E-state index contributed by atoms with van der Waals surface area (Å²) in [6.07, 6.45) is -0.622. The number of aromatic hydroxyl groups is 1. The molecular formula is C16H16ClN5O3. The second-order valence-corrected chi connectivity index (χ2v) is 6.64. The van der Waals surface area contributed by atoms with Gasteiger partial charge in [-0.25, -0.2) is 9.79 Å². The summed E-state index contributed by atoms with van der Waals surface area (Å²) in [6.45, 7) is 3.75. The predicted octanol–water partition coefficient (Wildman–Crippen LogP) is 1.66. The van der Waals surface area contributed by atoms with Gasteiger partial charge in [-0.05, 0) is 32.0 Å². The molecular weight excluding hydrogens is 346 g/mol. The first-order valence-electron chi connectivity index (χ1n) is 7.72. The number of imide groups is 1. The van der Waals surface area contributed by atoms with Gasteiger partial charge in [0, 0.05) is 23.5 Å². The van der Waals surface area contributed by atoms with Gasteiger partial charge in [-0.15, -0.1) is 0 Å². The number of carbonyl (C=O) groups is 2. The van der Waals surface area contributed by atoms with Gasteiger partial charge >= 0.3 is 6.03 Å². The van der Waals surface area contributed by atoms with Crippen LogP contribution in [0.2, 0.25) is 5.02 Å². The van der Waals surface area contributed by atoms with Crippen LogP contribution in [0, 0.1) is 0 Å². The van der Waals surface area contributed by atoms with E-state index >= 15 is 0 Å². The molecule has 0 bridgehead atoms. The van der Waals surface area contributed by atoms with Crippen molar-refractivity contribution in [2.75, 3.05) is 11.9 Å². The number of guanidine groups is 1. The van der Waals surface area contributed by atoms with E-state index in [4.69, 9.17) is 11.6 Å². The summed E-state index contributed by atoms with van der Waals surface area (Å²) in [5.74, 6) is 0.139. The van der Waals surface area contributed by atoms with Crippen molar-refractivity contribution in [2.45, 2.75) is 26.1 Å². The minimum Gasteiger partial charge on any atom is -0.506 e. The number of likely N-dealkylation sites (N-methyl/N-ethyl adjacent to an activating group) is 1. The summed E-state index contributed by atoms with van der Waals surface area (Å²) in [5, 5.41) is 13.1. The van der Waals surface area contributed by atoms with Gasteiger partial charge in [0.1, 0.15) is 5.75 Å². The quantitative estimate of drug-likeness (QED) is 0.794. The molecule has 3 amide bonds. The van der Waals surface area contributed by atoms with Gasteiger partial charge in [0.05, 0.1) is 5.69 Å². The first kappa shape index (κ1) is 15.8. The van der Waals surface area contributed by atoms with Crippen molar-refractivity contribution in [2.24, 2.45) is 4.99 Å². The molecule has 3 heterocycles. The summed E-state index contributed by atoms with van der Waals surface area (Å²) >= 11 is 6.09. The Morgan fingerprint density at radius 3 is 2.68 bits per heavy atom. The summed E-state index contributed by atoms with van der Waals surface area (Å²) in [6, 6.07) is 3.62. The molecule has 1 saturated heterocycles. The van der Waals surface area contributed by atoms with E-state index in [0.29, 0.717) is 16.7 Å². The number of hydrogen-bond acceptors (Lipinski definition) is 6. The highest BCUT2D eigenvalue weighted by Crippen LogP contribution is 2.42. The molecule has 1 fully saturated rings. The molecule has 130 valence electrons. The Labute approximate surface area is 149 Å². The van der Waals surface area contributed by atoms with Crippen LogP contribution in [-0.4, -0.2) is 52.1 Å². The van der Waals surface area contributed by atoms with Crippen LogP contribution in [-0.2, 0) is 4.79 Å². The van der Waals surface area contributed by atoms with Gasteiger partial charge in [0.15, 0.2) is 12.2 Å². The summed E-state index contributed by atoms with van der Waals surface area (Å²) < 4.78 is 0. The van der Waals surface area contributed by atoms with Gasteiger partial charge in [-0.2, -0.15) is 0 Å². The zero-order valence-electron chi connectivity index (χ0n) is 13.8. The second kappa shape index (κ2) is 5.13. The third-order valence-corrected chi connectivity index (χ3v) is 5.07. The second-order valence-electron chi connectivity index (χ2n) is 6.20. The molecule has 25 heavy (non-hydrogen) atoms. The lowest BCUT2D eigenvalue weighted by molar-refractivity contribution is -0.126. The number of nitrogens with one attached hydrogen (secondary N) is 1. The van der Waals surface area contributed by atoms with Gasteiger partial charge in [0.2, 0.25) is 5.96 Å². The standard InChI is InChI=1S/C16H16ClN5O3/c1-7-8(2)22-12-13(20(3)16(25)19-14(12)24)18-15(22)21(7)10-6-9(17)4-5-11(10)23/h4-6,12-13,23H,1-3H3,(H,19,24,25). The van der Waals surface area contributed by atoms with E-state index in [2.05, 4.69) is 10.3 Å². The molecule has 1 aromatic carbocycles. The Bertz CT molecular complexity index is 881. The third-order valence-electron chi connectivity index (χ3n) is 4.84. The Morgan fingerprint density at radius 1 is 1.24 bits per heavy atom. The fourth-order valence-electron chi connectivity index (χ4n) is 3.42. The fourth-order valence-corrected chi connectivity index (χ4v) is 3.59. The number of halogens is 1. The zero-order chi connectivity index (χ0) is 18.0. The van der Waals surface area contributed by atoms with Crippen molar-refractivity contribution < 1.29 is 14.7 Å². The maximum atomic E-state index is 12.4. The van der Waals surface area contributed by atoms with Crippen molar-refractivity contribution in [1.29, 1.82) is 0 Å². The highest BCUT2D eigenvalue weighted by Gasteiger charge is 2.53. The first-order valence-corrected chi connectivity index (χ1v) is 8.10. The number of anilines is 1. The van der Waals surface area contributed by atoms with Crippen molar-refractivity contribution in [3.05, 3.63) is 34.6 Å². The lowest BCUT2D eigenvalue weighted by Crippen LogP contribution is -2.63. The van der Waals surface area contributed by atoms with Gasteiger partial charge in [-0.3, -0.25) is 19.9 Å². The number of aliphatic imine (C=N–C) groups is 1. The number of allylic oxidation sites excluding steroid dienone is 2. The number of urea groups is 1. The molecule has 0 spiro atoms. The third kappa shape index (κ3) is 2.03. The van der Waals surface area contributed by atoms with Crippen LogP contribution >= 0.6 is 11.6 Å². The van der Waals surface area contributed by atoms with E-state index in [0.717, 1.165) is 11.4 Å². The van der Waals surface area contributed by atoms with Crippen molar-refractivity contribution in [3.63, 3.8) is 0 Å². The Morgan fingerprint density at radius 2 is 1.96 bits per heavy atom. The molecule has 2 N–H and O–H groups in total. The minimum absolute atomic E-state index is 0.0462. The van der Waals surface area contributed by atoms with Gasteiger partial charge in [0.25, 0.3) is 5.91 Å². The number of hydrogen-bond donors (Lipinski definition) is 2. The van der Waals surface area contributed by atoms with Crippen LogP contribution < -0.4 is 10.2 Å². The Kier molecular flexibility index (Phi) is 3.23. The monoisotopic (exact) mass is 361 g/mol. The van der Waals surface area contributed by atoms with E-state index in [1.54, 1.807) is 29.0 Å².